The van der Waals surface area contributed by atoms with E-state index in [2.05, 4.69) is 13.9 Å². The van der Waals surface area contributed by atoms with Crippen LogP contribution in [0.5, 0.6) is 0 Å². The number of hydrogen-bond donors (Lipinski definition) is 6. The minimum Gasteiger partial charge on any atom is -0.481 e. The third kappa shape index (κ3) is 5.96. The monoisotopic (exact) mass is 466 g/mol. The number of aromatic nitrogens is 1. The van der Waals surface area contributed by atoms with Gasteiger partial charge in [-0.1, -0.05) is 0 Å². The van der Waals surface area contributed by atoms with Gasteiger partial charge in [0, 0.05) is 10.6 Å². The summed E-state index contributed by atoms with van der Waals surface area (Å²) in [4.78, 5) is 34.4. The number of pyridine rings is 1. The number of carbonyl (C=O) groups is 3. The van der Waals surface area contributed by atoms with E-state index < -0.39 is 69.5 Å². The van der Waals surface area contributed by atoms with Crippen LogP contribution in [-0.2, 0) is 32.8 Å². The van der Waals surface area contributed by atoms with Crippen LogP contribution in [0, 0.1) is 0 Å². The van der Waals surface area contributed by atoms with Gasteiger partial charge < -0.3 is 29.9 Å². The summed E-state index contributed by atoms with van der Waals surface area (Å²) in [5.41, 5.74) is 2.28. The van der Waals surface area contributed by atoms with Crippen LogP contribution in [0.1, 0.15) is 23.0 Å². The molecule has 2 heterocycles. The minimum atomic E-state index is -2.87. The first-order valence-corrected chi connectivity index (χ1v) is 9.49. The molecule has 0 saturated carbocycles. The number of nitrogens with zero attached hydrogens (tertiary/aromatic N) is 1. The maximum Gasteiger partial charge on any atom is 0.728 e. The van der Waals surface area contributed by atoms with E-state index in [1.165, 1.54) is 18.3 Å². The van der Waals surface area contributed by atoms with Crippen molar-refractivity contribution < 1.29 is 67.9 Å². The Morgan fingerprint density at radius 1 is 1.26 bits per heavy atom. The number of aliphatic hydroxyl groups excluding tert-OH is 2. The van der Waals surface area contributed by atoms with Gasteiger partial charge >= 0.3 is 26.2 Å². The highest BCUT2D eigenvalue weighted by molar-refractivity contribution is 7.33. The number of nitrogens with two attached hydrogens (primary N) is 1. The molecule has 31 heavy (non-hydrogen) atoms. The summed E-state index contributed by atoms with van der Waals surface area (Å²) in [5, 5.41) is 46.4. The molecule has 1 aromatic rings. The van der Waals surface area contributed by atoms with Crippen molar-refractivity contribution >= 4 is 26.2 Å². The largest absolute Gasteiger partial charge is 0.728 e. The number of carbonyl (C=O) groups excluding carboxylic acids is 1. The maximum absolute atomic E-state index is 12.3. The quantitative estimate of drug-likeness (QED) is 0.0553. The zero-order valence-corrected chi connectivity index (χ0v) is 16.4. The summed E-state index contributed by atoms with van der Waals surface area (Å²) in [6.07, 6.45) is -4.26. The molecule has 1 aromatic heterocycles. The van der Waals surface area contributed by atoms with E-state index in [1.54, 1.807) is 0 Å². The highest BCUT2D eigenvalue weighted by Gasteiger charge is 2.50. The lowest BCUT2D eigenvalue weighted by molar-refractivity contribution is -0.765. The molecular weight excluding hydrogens is 447 g/mol. The Labute approximate surface area is 174 Å². The minimum absolute atomic E-state index is 0.272. The number of aliphatic hydroxyl groups is 2. The Morgan fingerprint density at radius 3 is 2.52 bits per heavy atom. The fourth-order valence-corrected chi connectivity index (χ4v) is 2.96. The van der Waals surface area contributed by atoms with Crippen LogP contribution in [0.3, 0.4) is 0 Å². The van der Waals surface area contributed by atoms with Gasteiger partial charge in [-0.3, -0.25) is 10.5 Å². The lowest BCUT2D eigenvalue weighted by Crippen LogP contribution is -2.53. The van der Waals surface area contributed by atoms with Gasteiger partial charge in [-0.2, -0.15) is 4.57 Å². The number of esters is 1. The normalized spacial score (nSPS) is 25.5. The van der Waals surface area contributed by atoms with E-state index in [9.17, 15) is 29.2 Å². The van der Waals surface area contributed by atoms with Gasteiger partial charge in [0.1, 0.15) is 30.8 Å². The smallest absolute Gasteiger partial charge is 0.481 e. The van der Waals surface area contributed by atoms with Crippen LogP contribution >= 0.6 is 8.25 Å². The molecule has 0 spiro atoms. The van der Waals surface area contributed by atoms with Crippen LogP contribution in [0.4, 0.5) is 0 Å². The van der Waals surface area contributed by atoms with Crippen LogP contribution in [-0.4, -0.2) is 74.2 Å². The molecule has 1 aliphatic rings. The van der Waals surface area contributed by atoms with Crippen LogP contribution < -0.4 is 10.3 Å². The Kier molecular flexibility index (Phi) is 8.05. The summed E-state index contributed by atoms with van der Waals surface area (Å²) in [7, 11) is -2.87. The summed E-state index contributed by atoms with van der Waals surface area (Å²) >= 11 is 0. The summed E-state index contributed by atoms with van der Waals surface area (Å²) < 4.78 is 30.2. The molecular formula is C15H19N2O13P+2. The molecule has 170 valence electrons. The molecule has 0 aliphatic carbocycles. The second-order valence-electron chi connectivity index (χ2n) is 6.34. The van der Waals surface area contributed by atoms with Gasteiger partial charge in [-0.05, 0) is 6.07 Å². The SMILES string of the molecule is N[C@@](CC(=O)O)(OC(=O)c1ccc[n+]([C@@H]2O[C@H](CO[P+](=O)OO)[C@@H](O)[C@H]2O)c1)C(=O)O. The van der Waals surface area contributed by atoms with Crippen molar-refractivity contribution in [2.24, 2.45) is 5.73 Å². The number of rotatable bonds is 10. The first kappa shape index (κ1) is 24.6. The molecule has 16 heteroatoms. The molecule has 1 unspecified atom stereocenters. The van der Waals surface area contributed by atoms with Gasteiger partial charge in [0.05, 0.1) is 4.67 Å². The third-order valence-electron chi connectivity index (χ3n) is 4.15. The predicted octanol–water partition coefficient (Wildman–Crippen LogP) is -1.87. The van der Waals surface area contributed by atoms with Gasteiger partial charge in [-0.25, -0.2) is 14.8 Å². The first-order valence-electron chi connectivity index (χ1n) is 8.40. The molecule has 0 aromatic carbocycles. The fourth-order valence-electron chi connectivity index (χ4n) is 2.65. The Bertz CT molecular complexity index is 867. The molecule has 1 saturated heterocycles. The van der Waals surface area contributed by atoms with Gasteiger partial charge in [0.25, 0.3) is 12.0 Å². The topological polar surface area (TPSA) is 236 Å². The van der Waals surface area contributed by atoms with Gasteiger partial charge in [0.2, 0.25) is 0 Å². The van der Waals surface area contributed by atoms with Crippen molar-refractivity contribution in [1.82, 2.24) is 0 Å². The molecule has 0 radical (unpaired) electrons. The Morgan fingerprint density at radius 2 is 1.94 bits per heavy atom. The number of carboxylic acids is 2. The Hall–Kier alpha value is -2.62. The molecule has 1 aliphatic heterocycles. The average molecular weight is 466 g/mol. The molecule has 7 N–H and O–H groups in total. The first-order chi connectivity index (χ1) is 14.5. The van der Waals surface area contributed by atoms with Crippen molar-refractivity contribution in [3.8, 4) is 0 Å². The predicted molar refractivity (Wildman–Crippen MR) is 92.1 cm³/mol. The number of aliphatic carboxylic acids is 2. The number of ether oxygens (including phenoxy) is 2. The maximum atomic E-state index is 12.3. The van der Waals surface area contributed by atoms with E-state index in [4.69, 9.17) is 25.9 Å². The average Bonchev–Trinajstić information content (AvgIpc) is 2.99. The Balaban J connectivity index is 2.17. The summed E-state index contributed by atoms with van der Waals surface area (Å²) in [6, 6.07) is 2.50. The van der Waals surface area contributed by atoms with Gasteiger partial charge in [0.15, 0.2) is 18.5 Å². The zero-order valence-electron chi connectivity index (χ0n) is 15.5. The standard InChI is InChI=1S/C15H17N2O13P/c16-15(14(23)24,4-9(18)19)29-13(22)7-2-1-3-17(5-7)12-11(21)10(20)8(28-12)6-27-31(26)30-25/h1-3,5,8,10-12,20-21H,4,6,16H2,(H-2,18,19,23,24,25)/p+2/t8-,10-,11-,12-,15+/m1/s1. The van der Waals surface area contributed by atoms with E-state index in [0.29, 0.717) is 0 Å². The highest BCUT2D eigenvalue weighted by atomic mass is 31.1. The van der Waals surface area contributed by atoms with Gasteiger partial charge in [-0.15, -0.1) is 4.52 Å². The van der Waals surface area contributed by atoms with Crippen molar-refractivity contribution in [2.45, 2.75) is 36.7 Å². The summed E-state index contributed by atoms with van der Waals surface area (Å²) in [5.74, 6) is -4.76. The van der Waals surface area contributed by atoms with Crippen LogP contribution in [0.15, 0.2) is 24.5 Å². The molecule has 15 nitrogen and oxygen atoms in total. The second kappa shape index (κ2) is 10.1. The molecule has 0 amide bonds. The van der Waals surface area contributed by atoms with Crippen molar-refractivity contribution in [3.63, 3.8) is 0 Å². The second-order valence-corrected chi connectivity index (χ2v) is 7.21. The van der Waals surface area contributed by atoms with E-state index >= 15 is 0 Å². The lowest BCUT2D eigenvalue weighted by Gasteiger charge is -2.22. The van der Waals surface area contributed by atoms with E-state index in [-0.39, 0.29) is 5.56 Å². The lowest BCUT2D eigenvalue weighted by atomic mass is 10.1. The van der Waals surface area contributed by atoms with E-state index in [1.807, 2.05) is 0 Å². The number of carboxylic acid groups (broad SMARTS) is 2. The van der Waals surface area contributed by atoms with Crippen molar-refractivity contribution in [2.75, 3.05) is 6.61 Å². The summed E-state index contributed by atoms with van der Waals surface area (Å²) in [6.45, 7) is -0.518. The van der Waals surface area contributed by atoms with Crippen LogP contribution in [0.2, 0.25) is 0 Å². The molecule has 0 bridgehead atoms. The molecule has 1 fully saturated rings. The fraction of sp³-hybridized carbons (Fsp3) is 0.467. The van der Waals surface area contributed by atoms with Crippen molar-refractivity contribution in [3.05, 3.63) is 30.1 Å². The highest BCUT2D eigenvalue weighted by Crippen LogP contribution is 2.29. The molecule has 6 atom stereocenters. The zero-order chi connectivity index (χ0) is 23.3. The third-order valence-corrected chi connectivity index (χ3v) is 4.64. The molecule has 2 rings (SSSR count). The number of hydrogen-bond acceptors (Lipinski definition) is 12. The van der Waals surface area contributed by atoms with E-state index in [0.717, 1.165) is 10.8 Å². The van der Waals surface area contributed by atoms with Crippen molar-refractivity contribution in [1.29, 1.82) is 0 Å². The van der Waals surface area contributed by atoms with Crippen LogP contribution in [0.25, 0.3) is 0 Å².